The highest BCUT2D eigenvalue weighted by atomic mass is 35.5. The van der Waals surface area contributed by atoms with Gasteiger partial charge in [-0.25, -0.2) is 9.78 Å². The summed E-state index contributed by atoms with van der Waals surface area (Å²) < 4.78 is 51.9. The number of methoxy groups -OCH3 is 3. The largest absolute Gasteiger partial charge is 0.493 e. The summed E-state index contributed by atoms with van der Waals surface area (Å²) in [5, 5.41) is 0.838. The number of aromatic nitrogens is 1. The third-order valence-electron chi connectivity index (χ3n) is 5.49. The van der Waals surface area contributed by atoms with E-state index in [1.807, 2.05) is 0 Å². The van der Waals surface area contributed by atoms with E-state index in [2.05, 4.69) is 4.74 Å². The zero-order chi connectivity index (χ0) is 26.5. The first kappa shape index (κ1) is 26.0. The van der Waals surface area contributed by atoms with Crippen molar-refractivity contribution in [2.45, 2.75) is 13.2 Å². The average Bonchev–Trinajstić information content (AvgIpc) is 2.91. The van der Waals surface area contributed by atoms with Crippen LogP contribution in [0.1, 0.15) is 15.9 Å². The third-order valence-corrected chi connectivity index (χ3v) is 5.73. The Kier molecular flexibility index (Phi) is 7.93. The molecule has 0 amide bonds. The van der Waals surface area contributed by atoms with Crippen LogP contribution in [0.15, 0.2) is 60.7 Å². The van der Waals surface area contributed by atoms with Crippen LogP contribution in [0.2, 0.25) is 5.02 Å². The fraction of sp³-hybridized carbons (Fsp3) is 0.185. The molecule has 0 saturated heterocycles. The van der Waals surface area contributed by atoms with E-state index < -0.39 is 12.6 Å². The Morgan fingerprint density at radius 3 is 2.27 bits per heavy atom. The number of alkyl halides is 2. The average molecular weight is 530 g/mol. The highest BCUT2D eigenvalue weighted by molar-refractivity contribution is 6.30. The normalized spacial score (nSPS) is 10.9. The van der Waals surface area contributed by atoms with Gasteiger partial charge in [-0.1, -0.05) is 29.8 Å². The van der Waals surface area contributed by atoms with E-state index in [-0.39, 0.29) is 28.5 Å². The molecule has 0 aliphatic rings. The number of fused-ring (bicyclic) bond motifs is 1. The molecule has 0 atom stereocenters. The fourth-order valence-corrected chi connectivity index (χ4v) is 4.01. The van der Waals surface area contributed by atoms with Crippen LogP contribution in [0, 0.1) is 0 Å². The van der Waals surface area contributed by atoms with Crippen molar-refractivity contribution in [1.82, 2.24) is 4.98 Å². The molecule has 0 saturated carbocycles. The molecule has 0 fully saturated rings. The number of halogens is 3. The van der Waals surface area contributed by atoms with Crippen molar-refractivity contribution in [1.29, 1.82) is 0 Å². The van der Waals surface area contributed by atoms with Crippen molar-refractivity contribution in [2.24, 2.45) is 0 Å². The second-order valence-electron chi connectivity index (χ2n) is 7.69. The SMILES string of the molecule is COc1cc(-c2cc(C(=O)OCc3cc(Cl)ccc3OC(F)F)c3ccccc3n2)cc(OC)c1OC. The predicted octanol–water partition coefficient (Wildman–Crippen LogP) is 6.54. The summed E-state index contributed by atoms with van der Waals surface area (Å²) in [6.45, 7) is -3.38. The summed E-state index contributed by atoms with van der Waals surface area (Å²) >= 11 is 6.00. The lowest BCUT2D eigenvalue weighted by atomic mass is 10.0. The van der Waals surface area contributed by atoms with Crippen LogP contribution in [0.4, 0.5) is 8.78 Å². The first-order valence-electron chi connectivity index (χ1n) is 10.9. The van der Waals surface area contributed by atoms with Gasteiger partial charge < -0.3 is 23.7 Å². The Morgan fingerprint density at radius 2 is 1.62 bits per heavy atom. The van der Waals surface area contributed by atoms with Crippen molar-refractivity contribution in [3.05, 3.63) is 76.8 Å². The fourth-order valence-electron chi connectivity index (χ4n) is 3.81. The minimum Gasteiger partial charge on any atom is -0.493 e. The molecule has 0 N–H and O–H groups in total. The van der Waals surface area contributed by atoms with Gasteiger partial charge in [0.2, 0.25) is 5.75 Å². The molecule has 0 aliphatic carbocycles. The zero-order valence-electron chi connectivity index (χ0n) is 20.1. The molecular formula is C27H22ClF2NO6. The smallest absolute Gasteiger partial charge is 0.387 e. The molecule has 192 valence electrons. The molecule has 7 nitrogen and oxygen atoms in total. The quantitative estimate of drug-likeness (QED) is 0.228. The van der Waals surface area contributed by atoms with Crippen LogP contribution in [-0.4, -0.2) is 38.9 Å². The van der Waals surface area contributed by atoms with Crippen LogP contribution >= 0.6 is 11.6 Å². The molecule has 37 heavy (non-hydrogen) atoms. The van der Waals surface area contributed by atoms with Gasteiger partial charge in [0.1, 0.15) is 12.4 Å². The number of para-hydroxylation sites is 1. The lowest BCUT2D eigenvalue weighted by molar-refractivity contribution is -0.0510. The van der Waals surface area contributed by atoms with E-state index in [1.165, 1.54) is 39.5 Å². The number of benzene rings is 3. The minimum atomic E-state index is -3.04. The topological polar surface area (TPSA) is 76.1 Å². The van der Waals surface area contributed by atoms with Gasteiger partial charge in [-0.05, 0) is 42.5 Å². The first-order chi connectivity index (χ1) is 17.8. The Hall–Kier alpha value is -4.11. The number of esters is 1. The van der Waals surface area contributed by atoms with E-state index >= 15 is 0 Å². The van der Waals surface area contributed by atoms with Crippen LogP contribution in [0.3, 0.4) is 0 Å². The molecule has 0 spiro atoms. The maximum Gasteiger partial charge on any atom is 0.387 e. The molecule has 1 aromatic heterocycles. The number of pyridine rings is 1. The molecule has 1 heterocycles. The van der Waals surface area contributed by atoms with Crippen molar-refractivity contribution in [2.75, 3.05) is 21.3 Å². The van der Waals surface area contributed by atoms with Gasteiger partial charge in [0.05, 0.1) is 38.1 Å². The summed E-state index contributed by atoms with van der Waals surface area (Å²) in [6, 6.07) is 16.2. The van der Waals surface area contributed by atoms with Crippen LogP contribution in [0.25, 0.3) is 22.2 Å². The van der Waals surface area contributed by atoms with Gasteiger partial charge in [-0.15, -0.1) is 0 Å². The first-order valence-corrected chi connectivity index (χ1v) is 11.3. The number of carbonyl (C=O) groups is 1. The Morgan fingerprint density at radius 1 is 0.919 bits per heavy atom. The van der Waals surface area contributed by atoms with Crippen LogP contribution in [-0.2, 0) is 11.3 Å². The Balaban J connectivity index is 1.73. The number of ether oxygens (including phenoxy) is 5. The Bertz CT molecular complexity index is 1420. The maximum absolute atomic E-state index is 13.2. The predicted molar refractivity (Wildman–Crippen MR) is 134 cm³/mol. The van der Waals surface area contributed by atoms with E-state index in [0.29, 0.717) is 39.4 Å². The van der Waals surface area contributed by atoms with Crippen molar-refractivity contribution in [3.8, 4) is 34.3 Å². The number of hydrogen-bond donors (Lipinski definition) is 0. The summed E-state index contributed by atoms with van der Waals surface area (Å²) in [7, 11) is 4.50. The van der Waals surface area contributed by atoms with Gasteiger partial charge >= 0.3 is 12.6 Å². The second-order valence-corrected chi connectivity index (χ2v) is 8.13. The highest BCUT2D eigenvalue weighted by Gasteiger charge is 2.20. The molecule has 0 radical (unpaired) electrons. The summed E-state index contributed by atoms with van der Waals surface area (Å²) in [4.78, 5) is 17.9. The van der Waals surface area contributed by atoms with E-state index in [1.54, 1.807) is 42.5 Å². The van der Waals surface area contributed by atoms with Crippen molar-refractivity contribution < 1.29 is 37.3 Å². The van der Waals surface area contributed by atoms with Gasteiger partial charge in [0.15, 0.2) is 11.5 Å². The minimum absolute atomic E-state index is 0.134. The summed E-state index contributed by atoms with van der Waals surface area (Å²) in [5.74, 6) is 0.435. The van der Waals surface area contributed by atoms with E-state index in [0.717, 1.165) is 0 Å². The maximum atomic E-state index is 13.2. The standard InChI is InChI=1S/C27H22ClF2NO6/c1-33-23-11-15(12-24(34-2)25(23)35-3)21-13-19(18-6-4-5-7-20(18)31-21)26(32)36-14-16-10-17(28)8-9-22(16)37-27(29)30/h4-13,27H,14H2,1-3H3. The van der Waals surface area contributed by atoms with Gasteiger partial charge in [0, 0.05) is 21.5 Å². The van der Waals surface area contributed by atoms with Crippen molar-refractivity contribution in [3.63, 3.8) is 0 Å². The lowest BCUT2D eigenvalue weighted by Crippen LogP contribution is -2.09. The molecule has 0 unspecified atom stereocenters. The van der Waals surface area contributed by atoms with Crippen LogP contribution < -0.4 is 18.9 Å². The highest BCUT2D eigenvalue weighted by Crippen LogP contribution is 2.41. The monoisotopic (exact) mass is 529 g/mol. The van der Waals surface area contributed by atoms with Crippen molar-refractivity contribution >= 4 is 28.5 Å². The number of rotatable bonds is 9. The lowest BCUT2D eigenvalue weighted by Gasteiger charge is -2.15. The van der Waals surface area contributed by atoms with Gasteiger partial charge in [0.25, 0.3) is 0 Å². The number of carbonyl (C=O) groups excluding carboxylic acids is 1. The summed E-state index contributed by atoms with van der Waals surface area (Å²) in [6.07, 6.45) is 0. The van der Waals surface area contributed by atoms with E-state index in [4.69, 9.17) is 35.5 Å². The summed E-state index contributed by atoms with van der Waals surface area (Å²) in [5.41, 5.74) is 2.04. The van der Waals surface area contributed by atoms with Gasteiger partial charge in [-0.3, -0.25) is 0 Å². The molecule has 4 aromatic rings. The molecule has 0 bridgehead atoms. The molecule has 3 aromatic carbocycles. The van der Waals surface area contributed by atoms with E-state index in [9.17, 15) is 13.6 Å². The zero-order valence-corrected chi connectivity index (χ0v) is 20.8. The molecule has 10 heteroatoms. The molecular weight excluding hydrogens is 508 g/mol. The van der Waals surface area contributed by atoms with Gasteiger partial charge in [-0.2, -0.15) is 8.78 Å². The third kappa shape index (κ3) is 5.67. The van der Waals surface area contributed by atoms with Crippen LogP contribution in [0.5, 0.6) is 23.0 Å². The molecule has 4 rings (SSSR count). The number of hydrogen-bond acceptors (Lipinski definition) is 7. The Labute approximate surface area is 216 Å². The second kappa shape index (κ2) is 11.3. The number of nitrogens with zero attached hydrogens (tertiary/aromatic N) is 1. The molecule has 0 aliphatic heterocycles.